The second-order valence-corrected chi connectivity index (χ2v) is 5.74. The number of anilines is 1. The molecule has 4 heteroatoms. The summed E-state index contributed by atoms with van der Waals surface area (Å²) in [5, 5.41) is 4.29. The van der Waals surface area contributed by atoms with Gasteiger partial charge in [0.1, 0.15) is 12.1 Å². The Morgan fingerprint density at radius 1 is 1.44 bits per heavy atom. The minimum absolute atomic E-state index is 0.583. The van der Waals surface area contributed by atoms with E-state index in [1.807, 2.05) is 13.0 Å². The van der Waals surface area contributed by atoms with E-state index in [0.29, 0.717) is 6.04 Å². The van der Waals surface area contributed by atoms with Gasteiger partial charge in [-0.2, -0.15) is 11.8 Å². The molecule has 1 saturated carbocycles. The molecule has 1 aromatic rings. The van der Waals surface area contributed by atoms with Crippen molar-refractivity contribution in [2.24, 2.45) is 0 Å². The highest BCUT2D eigenvalue weighted by atomic mass is 32.2. The molecule has 16 heavy (non-hydrogen) atoms. The minimum atomic E-state index is 0.583. The number of hydrogen-bond donors (Lipinski definition) is 1. The topological polar surface area (TPSA) is 37.8 Å². The van der Waals surface area contributed by atoms with Crippen LogP contribution in [0.2, 0.25) is 0 Å². The normalized spacial score (nSPS) is 24.6. The maximum absolute atomic E-state index is 4.27. The van der Waals surface area contributed by atoms with Gasteiger partial charge >= 0.3 is 0 Å². The molecule has 0 amide bonds. The van der Waals surface area contributed by atoms with E-state index in [1.165, 1.54) is 25.0 Å². The number of aryl methyl sites for hydroxylation is 1. The van der Waals surface area contributed by atoms with Gasteiger partial charge in [-0.1, -0.05) is 13.3 Å². The number of nitrogens with zero attached hydrogens (tertiary/aromatic N) is 2. The highest BCUT2D eigenvalue weighted by Crippen LogP contribution is 2.31. The molecular formula is C12H19N3S. The van der Waals surface area contributed by atoms with Crippen LogP contribution in [0.15, 0.2) is 12.4 Å². The molecule has 1 aliphatic rings. The molecule has 2 atom stereocenters. The molecule has 1 aromatic heterocycles. The maximum atomic E-state index is 4.27. The molecule has 2 unspecified atom stereocenters. The summed E-state index contributed by atoms with van der Waals surface area (Å²) in [6, 6.07) is 2.60. The summed E-state index contributed by atoms with van der Waals surface area (Å²) in [6.07, 6.45) is 5.56. The molecular weight excluding hydrogens is 218 g/mol. The van der Waals surface area contributed by atoms with Crippen LogP contribution in [0.25, 0.3) is 0 Å². The molecule has 88 valence electrons. The number of nitrogens with one attached hydrogen (secondary N) is 1. The SMILES string of the molecule is CCSC1CCCC1Nc1cc(C)ncn1. The summed E-state index contributed by atoms with van der Waals surface area (Å²) in [4.78, 5) is 8.38. The van der Waals surface area contributed by atoms with Crippen LogP contribution in [0, 0.1) is 6.92 Å². The van der Waals surface area contributed by atoms with E-state index in [0.717, 1.165) is 16.8 Å². The van der Waals surface area contributed by atoms with Crippen molar-refractivity contribution in [3.8, 4) is 0 Å². The highest BCUT2D eigenvalue weighted by Gasteiger charge is 2.27. The largest absolute Gasteiger partial charge is 0.366 e. The van der Waals surface area contributed by atoms with Crippen molar-refractivity contribution in [1.82, 2.24) is 9.97 Å². The quantitative estimate of drug-likeness (QED) is 0.874. The van der Waals surface area contributed by atoms with Gasteiger partial charge in [0.05, 0.1) is 0 Å². The Morgan fingerprint density at radius 2 is 2.31 bits per heavy atom. The van der Waals surface area contributed by atoms with Crippen molar-refractivity contribution in [3.05, 3.63) is 18.1 Å². The van der Waals surface area contributed by atoms with E-state index in [-0.39, 0.29) is 0 Å². The van der Waals surface area contributed by atoms with Crippen LogP contribution in [-0.4, -0.2) is 27.0 Å². The van der Waals surface area contributed by atoms with E-state index < -0.39 is 0 Å². The zero-order valence-electron chi connectivity index (χ0n) is 9.94. The van der Waals surface area contributed by atoms with Crippen molar-refractivity contribution in [2.75, 3.05) is 11.1 Å². The van der Waals surface area contributed by atoms with E-state index in [9.17, 15) is 0 Å². The van der Waals surface area contributed by atoms with Crippen molar-refractivity contribution in [2.45, 2.75) is 44.4 Å². The summed E-state index contributed by atoms with van der Waals surface area (Å²) in [5.41, 5.74) is 1.02. The maximum Gasteiger partial charge on any atom is 0.129 e. The molecule has 3 nitrogen and oxygen atoms in total. The third-order valence-corrected chi connectivity index (χ3v) is 4.30. The van der Waals surface area contributed by atoms with Gasteiger partial charge in [-0.25, -0.2) is 9.97 Å². The lowest BCUT2D eigenvalue weighted by Gasteiger charge is -2.20. The predicted molar refractivity (Wildman–Crippen MR) is 70.0 cm³/mol. The van der Waals surface area contributed by atoms with Crippen LogP contribution in [0.3, 0.4) is 0 Å². The fraction of sp³-hybridized carbons (Fsp3) is 0.667. The van der Waals surface area contributed by atoms with Gasteiger partial charge in [-0.15, -0.1) is 0 Å². The molecule has 1 aliphatic carbocycles. The van der Waals surface area contributed by atoms with Crippen LogP contribution in [0.5, 0.6) is 0 Å². The molecule has 0 saturated heterocycles. The smallest absolute Gasteiger partial charge is 0.129 e. The monoisotopic (exact) mass is 237 g/mol. The molecule has 0 bridgehead atoms. The first kappa shape index (κ1) is 11.7. The molecule has 0 radical (unpaired) electrons. The molecule has 1 fully saturated rings. The lowest BCUT2D eigenvalue weighted by atomic mass is 10.2. The zero-order valence-corrected chi connectivity index (χ0v) is 10.8. The van der Waals surface area contributed by atoms with E-state index in [1.54, 1.807) is 6.33 Å². The Labute approximate surface area is 101 Å². The fourth-order valence-electron chi connectivity index (χ4n) is 2.23. The van der Waals surface area contributed by atoms with E-state index >= 15 is 0 Å². The van der Waals surface area contributed by atoms with Gasteiger partial charge < -0.3 is 5.32 Å². The standard InChI is InChI=1S/C12H19N3S/c1-3-16-11-6-4-5-10(11)15-12-7-9(2)13-8-14-12/h7-8,10-11H,3-6H2,1-2H3,(H,13,14,15). The lowest BCUT2D eigenvalue weighted by Crippen LogP contribution is -2.26. The van der Waals surface area contributed by atoms with Crippen LogP contribution < -0.4 is 5.32 Å². The first-order chi connectivity index (χ1) is 7.79. The molecule has 1 N–H and O–H groups in total. The van der Waals surface area contributed by atoms with Gasteiger partial charge in [0.2, 0.25) is 0 Å². The first-order valence-electron chi connectivity index (χ1n) is 5.96. The molecule has 0 aromatic carbocycles. The Morgan fingerprint density at radius 3 is 3.06 bits per heavy atom. The van der Waals surface area contributed by atoms with Gasteiger partial charge in [-0.05, 0) is 25.5 Å². The summed E-state index contributed by atoms with van der Waals surface area (Å²) < 4.78 is 0. The van der Waals surface area contributed by atoms with Gasteiger partial charge in [-0.3, -0.25) is 0 Å². The van der Waals surface area contributed by atoms with E-state index in [2.05, 4.69) is 34.0 Å². The fourth-order valence-corrected chi connectivity index (χ4v) is 3.43. The molecule has 1 heterocycles. The van der Waals surface area contributed by atoms with Crippen LogP contribution in [0.4, 0.5) is 5.82 Å². The van der Waals surface area contributed by atoms with Gasteiger partial charge in [0.15, 0.2) is 0 Å². The van der Waals surface area contributed by atoms with Crippen LogP contribution >= 0.6 is 11.8 Å². The van der Waals surface area contributed by atoms with Crippen molar-refractivity contribution in [1.29, 1.82) is 0 Å². The van der Waals surface area contributed by atoms with E-state index in [4.69, 9.17) is 0 Å². The molecule has 0 aliphatic heterocycles. The minimum Gasteiger partial charge on any atom is -0.366 e. The second kappa shape index (κ2) is 5.53. The van der Waals surface area contributed by atoms with Crippen molar-refractivity contribution in [3.63, 3.8) is 0 Å². The van der Waals surface area contributed by atoms with Gasteiger partial charge in [0.25, 0.3) is 0 Å². The summed E-state index contributed by atoms with van der Waals surface area (Å²) in [6.45, 7) is 4.23. The van der Waals surface area contributed by atoms with Crippen LogP contribution in [-0.2, 0) is 0 Å². The number of rotatable bonds is 4. The average Bonchev–Trinajstić information content (AvgIpc) is 2.66. The van der Waals surface area contributed by atoms with Crippen LogP contribution in [0.1, 0.15) is 31.9 Å². The zero-order chi connectivity index (χ0) is 11.4. The Kier molecular flexibility index (Phi) is 4.04. The summed E-state index contributed by atoms with van der Waals surface area (Å²) in [7, 11) is 0. The Bertz CT molecular complexity index is 343. The third-order valence-electron chi connectivity index (χ3n) is 2.97. The number of hydrogen-bond acceptors (Lipinski definition) is 4. The Hall–Kier alpha value is -0.770. The predicted octanol–water partition coefficient (Wildman–Crippen LogP) is 2.87. The van der Waals surface area contributed by atoms with Gasteiger partial charge in [0, 0.05) is 23.1 Å². The molecule has 0 spiro atoms. The molecule has 2 rings (SSSR count). The first-order valence-corrected chi connectivity index (χ1v) is 7.01. The lowest BCUT2D eigenvalue weighted by molar-refractivity contribution is 0.761. The van der Waals surface area contributed by atoms with Crippen molar-refractivity contribution >= 4 is 17.6 Å². The summed E-state index contributed by atoms with van der Waals surface area (Å²) >= 11 is 2.06. The third kappa shape index (κ3) is 2.88. The van der Waals surface area contributed by atoms with Crippen molar-refractivity contribution < 1.29 is 0 Å². The number of thioether (sulfide) groups is 1. The second-order valence-electron chi connectivity index (χ2n) is 4.22. The number of aromatic nitrogens is 2. The highest BCUT2D eigenvalue weighted by molar-refractivity contribution is 7.99. The Balaban J connectivity index is 1.98. The summed E-state index contributed by atoms with van der Waals surface area (Å²) in [5.74, 6) is 2.17. The average molecular weight is 237 g/mol.